The number of unbranched alkanes of at least 4 members (excludes halogenated alkanes) is 1. The Morgan fingerprint density at radius 2 is 2.22 bits per heavy atom. The van der Waals surface area contributed by atoms with Gasteiger partial charge in [-0.05, 0) is 50.0 Å². The molecule has 0 spiro atoms. The molecule has 0 heterocycles. The van der Waals surface area contributed by atoms with E-state index in [0.717, 1.165) is 43.6 Å². The van der Waals surface area contributed by atoms with Gasteiger partial charge >= 0.3 is 5.97 Å². The fraction of sp³-hybridized carbons (Fsp3) is 0.933. The molecule has 0 aromatic rings. The van der Waals surface area contributed by atoms with Gasteiger partial charge in [0.05, 0.1) is 7.11 Å². The SMILES string of the molecule is CCCCC(NCC1CC2CCC1C2)C(=O)OC. The van der Waals surface area contributed by atoms with Crippen molar-refractivity contribution in [2.24, 2.45) is 17.8 Å². The van der Waals surface area contributed by atoms with Crippen molar-refractivity contribution in [2.45, 2.75) is 57.9 Å². The molecule has 2 saturated carbocycles. The number of carbonyl (C=O) groups excluding carboxylic acids is 1. The maximum absolute atomic E-state index is 11.7. The van der Waals surface area contributed by atoms with E-state index in [0.29, 0.717) is 0 Å². The summed E-state index contributed by atoms with van der Waals surface area (Å²) < 4.78 is 4.89. The average molecular weight is 253 g/mol. The standard InChI is InChI=1S/C15H27NO2/c1-3-4-5-14(15(17)18-2)16-10-13-9-11-6-7-12(13)8-11/h11-14,16H,3-10H2,1-2H3. The summed E-state index contributed by atoms with van der Waals surface area (Å²) in [5.41, 5.74) is 0. The number of ether oxygens (including phenoxy) is 1. The van der Waals surface area contributed by atoms with E-state index in [1.165, 1.54) is 32.8 Å². The Bertz CT molecular complexity index is 280. The molecule has 18 heavy (non-hydrogen) atoms. The highest BCUT2D eigenvalue weighted by Gasteiger charge is 2.39. The van der Waals surface area contributed by atoms with Crippen LogP contribution >= 0.6 is 0 Å². The zero-order chi connectivity index (χ0) is 13.0. The third kappa shape index (κ3) is 3.25. The monoisotopic (exact) mass is 253 g/mol. The third-order valence-corrected chi connectivity index (χ3v) is 4.84. The molecule has 2 bridgehead atoms. The first-order valence-electron chi connectivity index (χ1n) is 7.55. The Morgan fingerprint density at radius 1 is 1.39 bits per heavy atom. The van der Waals surface area contributed by atoms with Crippen LogP contribution in [-0.2, 0) is 9.53 Å². The summed E-state index contributed by atoms with van der Waals surface area (Å²) in [7, 11) is 1.49. The number of hydrogen-bond acceptors (Lipinski definition) is 3. The van der Waals surface area contributed by atoms with Crippen LogP contribution in [0.4, 0.5) is 0 Å². The molecule has 0 aliphatic heterocycles. The largest absolute Gasteiger partial charge is 0.468 e. The van der Waals surface area contributed by atoms with Crippen molar-refractivity contribution in [3.05, 3.63) is 0 Å². The fourth-order valence-corrected chi connectivity index (χ4v) is 3.77. The third-order valence-electron chi connectivity index (χ3n) is 4.84. The van der Waals surface area contributed by atoms with Crippen molar-refractivity contribution in [1.29, 1.82) is 0 Å². The van der Waals surface area contributed by atoms with Crippen LogP contribution in [0.15, 0.2) is 0 Å². The molecule has 4 unspecified atom stereocenters. The summed E-state index contributed by atoms with van der Waals surface area (Å²) in [4.78, 5) is 11.7. The Hall–Kier alpha value is -0.570. The van der Waals surface area contributed by atoms with Crippen molar-refractivity contribution in [2.75, 3.05) is 13.7 Å². The van der Waals surface area contributed by atoms with Crippen LogP contribution in [0.2, 0.25) is 0 Å². The Kier molecular flexibility index (Phi) is 5.04. The predicted octanol–water partition coefficient (Wildman–Crippen LogP) is 2.74. The normalized spacial score (nSPS) is 31.6. The van der Waals surface area contributed by atoms with Gasteiger partial charge in [0.15, 0.2) is 0 Å². The lowest BCUT2D eigenvalue weighted by Gasteiger charge is -2.24. The van der Waals surface area contributed by atoms with Gasteiger partial charge in [0.1, 0.15) is 6.04 Å². The molecular formula is C15H27NO2. The van der Waals surface area contributed by atoms with Gasteiger partial charge in [0.2, 0.25) is 0 Å². The Labute approximate surface area is 111 Å². The van der Waals surface area contributed by atoms with Gasteiger partial charge in [-0.1, -0.05) is 26.2 Å². The smallest absolute Gasteiger partial charge is 0.322 e. The van der Waals surface area contributed by atoms with Gasteiger partial charge in [-0.3, -0.25) is 4.79 Å². The summed E-state index contributed by atoms with van der Waals surface area (Å²) in [6.07, 6.45) is 8.78. The minimum absolute atomic E-state index is 0.0888. The molecular weight excluding hydrogens is 226 g/mol. The average Bonchev–Trinajstić information content (AvgIpc) is 3.00. The Balaban J connectivity index is 1.76. The van der Waals surface area contributed by atoms with Crippen LogP contribution in [0.25, 0.3) is 0 Å². The highest BCUT2D eigenvalue weighted by Crippen LogP contribution is 2.47. The second-order valence-corrected chi connectivity index (χ2v) is 6.06. The second-order valence-electron chi connectivity index (χ2n) is 6.06. The Morgan fingerprint density at radius 3 is 2.78 bits per heavy atom. The van der Waals surface area contributed by atoms with E-state index < -0.39 is 0 Å². The van der Waals surface area contributed by atoms with Crippen LogP contribution in [-0.4, -0.2) is 25.7 Å². The summed E-state index contributed by atoms with van der Waals surface area (Å²) in [6, 6.07) is -0.0888. The second kappa shape index (κ2) is 6.55. The molecule has 3 nitrogen and oxygen atoms in total. The van der Waals surface area contributed by atoms with Crippen LogP contribution in [0.5, 0.6) is 0 Å². The quantitative estimate of drug-likeness (QED) is 0.709. The van der Waals surface area contributed by atoms with E-state index in [4.69, 9.17) is 4.74 Å². The minimum atomic E-state index is -0.0911. The number of hydrogen-bond donors (Lipinski definition) is 1. The summed E-state index contributed by atoms with van der Waals surface area (Å²) >= 11 is 0. The highest BCUT2D eigenvalue weighted by atomic mass is 16.5. The lowest BCUT2D eigenvalue weighted by atomic mass is 9.88. The van der Waals surface area contributed by atoms with Gasteiger partial charge in [0, 0.05) is 0 Å². The van der Waals surface area contributed by atoms with Crippen molar-refractivity contribution in [3.63, 3.8) is 0 Å². The van der Waals surface area contributed by atoms with E-state index in [9.17, 15) is 4.79 Å². The highest BCUT2D eigenvalue weighted by molar-refractivity contribution is 5.75. The van der Waals surface area contributed by atoms with Crippen LogP contribution in [0, 0.1) is 17.8 Å². The number of rotatable bonds is 7. The summed E-state index contributed by atoms with van der Waals surface area (Å²) in [5.74, 6) is 2.62. The first-order chi connectivity index (χ1) is 8.74. The van der Waals surface area contributed by atoms with Gasteiger partial charge in [-0.25, -0.2) is 0 Å². The van der Waals surface area contributed by atoms with Crippen LogP contribution < -0.4 is 5.32 Å². The molecule has 0 aromatic carbocycles. The summed E-state index contributed by atoms with van der Waals surface area (Å²) in [5, 5.41) is 3.46. The number of carbonyl (C=O) groups is 1. The molecule has 2 fully saturated rings. The number of nitrogens with one attached hydrogen (secondary N) is 1. The van der Waals surface area contributed by atoms with Crippen molar-refractivity contribution < 1.29 is 9.53 Å². The maximum atomic E-state index is 11.7. The topological polar surface area (TPSA) is 38.3 Å². The van der Waals surface area contributed by atoms with Crippen LogP contribution in [0.1, 0.15) is 51.9 Å². The first-order valence-corrected chi connectivity index (χ1v) is 7.55. The van der Waals surface area contributed by atoms with Crippen molar-refractivity contribution >= 4 is 5.97 Å². The van der Waals surface area contributed by atoms with E-state index in [2.05, 4.69) is 12.2 Å². The molecule has 2 aliphatic carbocycles. The van der Waals surface area contributed by atoms with Crippen LogP contribution in [0.3, 0.4) is 0 Å². The number of fused-ring (bicyclic) bond motifs is 2. The van der Waals surface area contributed by atoms with Gasteiger partial charge in [0.25, 0.3) is 0 Å². The molecule has 4 atom stereocenters. The molecule has 3 heteroatoms. The molecule has 0 saturated heterocycles. The number of methoxy groups -OCH3 is 1. The van der Waals surface area contributed by atoms with Crippen molar-refractivity contribution in [3.8, 4) is 0 Å². The zero-order valence-electron chi connectivity index (χ0n) is 11.8. The minimum Gasteiger partial charge on any atom is -0.468 e. The van der Waals surface area contributed by atoms with Crippen molar-refractivity contribution in [1.82, 2.24) is 5.32 Å². The van der Waals surface area contributed by atoms with Gasteiger partial charge in [-0.2, -0.15) is 0 Å². The number of esters is 1. The molecule has 2 rings (SSSR count). The van der Waals surface area contributed by atoms with E-state index in [1.54, 1.807) is 0 Å². The van der Waals surface area contributed by atoms with Gasteiger partial charge < -0.3 is 10.1 Å². The van der Waals surface area contributed by atoms with E-state index in [1.807, 2.05) is 0 Å². The predicted molar refractivity (Wildman–Crippen MR) is 72.3 cm³/mol. The molecule has 104 valence electrons. The maximum Gasteiger partial charge on any atom is 0.322 e. The fourth-order valence-electron chi connectivity index (χ4n) is 3.77. The van der Waals surface area contributed by atoms with E-state index in [-0.39, 0.29) is 12.0 Å². The molecule has 0 amide bonds. The first kappa shape index (κ1) is 13.9. The lowest BCUT2D eigenvalue weighted by molar-refractivity contribution is -0.143. The molecule has 1 N–H and O–H groups in total. The summed E-state index contributed by atoms with van der Waals surface area (Å²) in [6.45, 7) is 3.16. The van der Waals surface area contributed by atoms with Gasteiger partial charge in [-0.15, -0.1) is 0 Å². The zero-order valence-corrected chi connectivity index (χ0v) is 11.8. The molecule has 0 radical (unpaired) electrons. The molecule has 2 aliphatic rings. The van der Waals surface area contributed by atoms with E-state index >= 15 is 0 Å². The lowest BCUT2D eigenvalue weighted by Crippen LogP contribution is -2.41. The molecule has 0 aromatic heterocycles.